The molecule has 1 aliphatic carbocycles. The fourth-order valence-electron chi connectivity index (χ4n) is 4.40. The summed E-state index contributed by atoms with van der Waals surface area (Å²) in [7, 11) is 1.50. The van der Waals surface area contributed by atoms with Crippen LogP contribution in [0, 0.1) is 17.1 Å². The number of pyridine rings is 1. The fourth-order valence-corrected chi connectivity index (χ4v) is 5.47. The Labute approximate surface area is 170 Å². The van der Waals surface area contributed by atoms with Crippen molar-refractivity contribution in [3.05, 3.63) is 27.0 Å². The van der Waals surface area contributed by atoms with E-state index in [2.05, 4.69) is 0 Å². The van der Waals surface area contributed by atoms with E-state index in [0.717, 1.165) is 56.5 Å². The Hall–Kier alpha value is -2.79. The second kappa shape index (κ2) is 6.63. The molecule has 0 amide bonds. The van der Waals surface area contributed by atoms with Gasteiger partial charge in [-0.05, 0) is 38.2 Å². The number of fused-ring (bicyclic) bond motifs is 2. The number of benzene rings is 1. The molecule has 1 aliphatic heterocycles. The minimum absolute atomic E-state index is 0.0949. The number of nitrogens with zero attached hydrogens (tertiary/aromatic N) is 3. The van der Waals surface area contributed by atoms with Gasteiger partial charge >= 0.3 is 0 Å². The zero-order chi connectivity index (χ0) is 20.3. The molecular weight excluding hydrogens is 393 g/mol. The summed E-state index contributed by atoms with van der Waals surface area (Å²) in [6, 6.07) is 3.37. The molecule has 2 aliphatic rings. The average Bonchev–Trinajstić information content (AvgIpc) is 3.51. The van der Waals surface area contributed by atoms with Gasteiger partial charge in [-0.2, -0.15) is 5.26 Å². The number of rotatable bonds is 3. The maximum Gasteiger partial charge on any atom is 0.202 e. The summed E-state index contributed by atoms with van der Waals surface area (Å²) in [4.78, 5) is 15.9. The van der Waals surface area contributed by atoms with Gasteiger partial charge in [-0.25, -0.2) is 4.39 Å². The van der Waals surface area contributed by atoms with E-state index in [0.29, 0.717) is 21.8 Å². The van der Waals surface area contributed by atoms with E-state index >= 15 is 4.39 Å². The van der Waals surface area contributed by atoms with Crippen LogP contribution in [0.2, 0.25) is 0 Å². The van der Waals surface area contributed by atoms with Crippen molar-refractivity contribution in [1.29, 1.82) is 5.26 Å². The maximum absolute atomic E-state index is 15.3. The normalized spacial score (nSPS) is 17.1. The number of thiophene rings is 1. The smallest absolute Gasteiger partial charge is 0.202 e. The summed E-state index contributed by atoms with van der Waals surface area (Å²) >= 11 is 1.10. The maximum atomic E-state index is 15.3. The molecule has 8 heteroatoms. The molecule has 0 radical (unpaired) electrons. The van der Waals surface area contributed by atoms with Gasteiger partial charge in [0.2, 0.25) is 5.43 Å². The first kappa shape index (κ1) is 18.3. The van der Waals surface area contributed by atoms with Gasteiger partial charge in [-0.3, -0.25) is 4.79 Å². The van der Waals surface area contributed by atoms with Crippen molar-refractivity contribution in [2.24, 2.45) is 0 Å². The second-order valence-corrected chi connectivity index (χ2v) is 8.69. The Morgan fingerprint density at radius 1 is 1.31 bits per heavy atom. The Morgan fingerprint density at radius 3 is 2.66 bits per heavy atom. The van der Waals surface area contributed by atoms with Gasteiger partial charge in [-0.15, -0.1) is 11.3 Å². The minimum Gasteiger partial charge on any atom is -0.505 e. The number of hydrogen-bond acceptors (Lipinski definition) is 6. The molecule has 2 fully saturated rings. The highest BCUT2D eigenvalue weighted by molar-refractivity contribution is 7.19. The van der Waals surface area contributed by atoms with Gasteiger partial charge in [0.25, 0.3) is 0 Å². The molecule has 29 heavy (non-hydrogen) atoms. The van der Waals surface area contributed by atoms with Gasteiger partial charge in [-0.1, -0.05) is 0 Å². The Kier molecular flexibility index (Phi) is 4.17. The predicted octanol–water partition coefficient (Wildman–Crippen LogP) is 4.27. The molecule has 2 aromatic heterocycles. The van der Waals surface area contributed by atoms with Gasteiger partial charge in [0, 0.05) is 19.1 Å². The van der Waals surface area contributed by atoms with E-state index in [4.69, 9.17) is 4.74 Å². The van der Waals surface area contributed by atoms with Crippen LogP contribution in [0.15, 0.2) is 10.9 Å². The van der Waals surface area contributed by atoms with Crippen LogP contribution in [0.25, 0.3) is 21.1 Å². The number of anilines is 1. The van der Waals surface area contributed by atoms with Crippen LogP contribution in [0.4, 0.5) is 10.1 Å². The van der Waals surface area contributed by atoms with Crippen LogP contribution in [0.3, 0.4) is 0 Å². The lowest BCUT2D eigenvalue weighted by Crippen LogP contribution is -2.31. The Balaban J connectivity index is 1.95. The number of methoxy groups -OCH3 is 1. The van der Waals surface area contributed by atoms with Crippen molar-refractivity contribution in [1.82, 2.24) is 4.57 Å². The highest BCUT2D eigenvalue weighted by atomic mass is 32.1. The van der Waals surface area contributed by atoms with Gasteiger partial charge in [0.1, 0.15) is 26.9 Å². The molecule has 0 spiro atoms. The zero-order valence-corrected chi connectivity index (χ0v) is 16.8. The van der Waals surface area contributed by atoms with Gasteiger partial charge in [0.05, 0.1) is 18.0 Å². The van der Waals surface area contributed by atoms with E-state index in [1.807, 2.05) is 15.5 Å². The lowest BCUT2D eigenvalue weighted by atomic mass is 10.1. The number of halogens is 1. The van der Waals surface area contributed by atoms with Crippen molar-refractivity contribution in [2.45, 2.75) is 38.1 Å². The molecule has 0 bridgehead atoms. The highest BCUT2D eigenvalue weighted by Crippen LogP contribution is 2.48. The molecule has 3 aromatic rings. The number of piperidine rings is 1. The first-order valence-electron chi connectivity index (χ1n) is 9.82. The van der Waals surface area contributed by atoms with Crippen molar-refractivity contribution in [2.75, 3.05) is 25.1 Å². The molecule has 150 valence electrons. The number of aromatic hydroxyl groups is 1. The van der Waals surface area contributed by atoms with Crippen molar-refractivity contribution in [3.63, 3.8) is 0 Å². The zero-order valence-electron chi connectivity index (χ0n) is 16.0. The monoisotopic (exact) mass is 413 g/mol. The van der Waals surface area contributed by atoms with Crippen LogP contribution in [0.5, 0.6) is 11.5 Å². The number of aromatic nitrogens is 1. The summed E-state index contributed by atoms with van der Waals surface area (Å²) in [5.41, 5.74) is 0.485. The van der Waals surface area contributed by atoms with Crippen LogP contribution >= 0.6 is 11.3 Å². The summed E-state index contributed by atoms with van der Waals surface area (Å²) in [6.45, 7) is 1.49. The van der Waals surface area contributed by atoms with Crippen molar-refractivity contribution >= 4 is 38.1 Å². The van der Waals surface area contributed by atoms with Crippen molar-refractivity contribution < 1.29 is 14.2 Å². The van der Waals surface area contributed by atoms with Crippen LogP contribution in [-0.2, 0) is 0 Å². The van der Waals surface area contributed by atoms with Crippen molar-refractivity contribution in [3.8, 4) is 17.6 Å². The molecular formula is C21H20FN3O3S. The Bertz CT molecular complexity index is 1250. The third-order valence-electron chi connectivity index (χ3n) is 5.87. The Morgan fingerprint density at radius 2 is 2.03 bits per heavy atom. The lowest BCUT2D eigenvalue weighted by Gasteiger charge is -2.31. The SMILES string of the molecule is COc1c(N2CCCCC2)c(F)cc2c(=O)c3c(O)c(C#N)sc3n(C3CC3)c12. The molecule has 1 aromatic carbocycles. The number of ether oxygens (including phenoxy) is 1. The molecule has 0 atom stereocenters. The van der Waals surface area contributed by atoms with E-state index in [9.17, 15) is 15.2 Å². The molecule has 1 saturated heterocycles. The summed E-state index contributed by atoms with van der Waals surface area (Å²) < 4.78 is 23.0. The third-order valence-corrected chi connectivity index (χ3v) is 6.95. The summed E-state index contributed by atoms with van der Waals surface area (Å²) in [6.07, 6.45) is 4.94. The lowest BCUT2D eigenvalue weighted by molar-refractivity contribution is 0.411. The second-order valence-electron chi connectivity index (χ2n) is 7.69. The summed E-state index contributed by atoms with van der Waals surface area (Å²) in [5, 5.41) is 20.1. The van der Waals surface area contributed by atoms with Crippen LogP contribution < -0.4 is 15.1 Å². The molecule has 6 nitrogen and oxygen atoms in total. The van der Waals surface area contributed by atoms with Gasteiger partial charge < -0.3 is 19.3 Å². The van der Waals surface area contributed by atoms with E-state index < -0.39 is 11.2 Å². The fraction of sp³-hybridized carbons (Fsp3) is 0.429. The topological polar surface area (TPSA) is 78.5 Å². The number of nitriles is 1. The van der Waals surface area contributed by atoms with Crippen LogP contribution in [-0.4, -0.2) is 29.9 Å². The molecule has 1 saturated carbocycles. The molecule has 0 unspecified atom stereocenters. The highest BCUT2D eigenvalue weighted by Gasteiger charge is 2.33. The van der Waals surface area contributed by atoms with E-state index in [-0.39, 0.29) is 27.4 Å². The van der Waals surface area contributed by atoms with E-state index in [1.54, 1.807) is 0 Å². The first-order chi connectivity index (χ1) is 14.1. The number of hydrogen-bond donors (Lipinski definition) is 1. The first-order valence-corrected chi connectivity index (χ1v) is 10.6. The average molecular weight is 413 g/mol. The van der Waals surface area contributed by atoms with Gasteiger partial charge in [0.15, 0.2) is 17.3 Å². The molecule has 1 N–H and O–H groups in total. The predicted molar refractivity (Wildman–Crippen MR) is 111 cm³/mol. The standard InChI is InChI=1S/C21H20FN3O3S/c1-28-20-16-12(9-13(22)17(20)24-7-3-2-4-8-24)18(26)15-19(27)14(10-23)29-21(15)25(16)11-5-6-11/h9,11,27H,2-8H2,1H3. The molecule has 5 rings (SSSR count). The molecule has 3 heterocycles. The quantitative estimate of drug-likeness (QED) is 0.694. The minimum atomic E-state index is -0.495. The van der Waals surface area contributed by atoms with Crippen LogP contribution in [0.1, 0.15) is 43.0 Å². The third kappa shape index (κ3) is 2.60. The summed E-state index contributed by atoms with van der Waals surface area (Å²) in [5.74, 6) is -0.447. The largest absolute Gasteiger partial charge is 0.505 e. The van der Waals surface area contributed by atoms with E-state index in [1.165, 1.54) is 13.2 Å².